The summed E-state index contributed by atoms with van der Waals surface area (Å²) in [5, 5.41) is 0.859. The van der Waals surface area contributed by atoms with Crippen molar-refractivity contribution in [3.63, 3.8) is 0 Å². The molecule has 3 nitrogen and oxygen atoms in total. The van der Waals surface area contributed by atoms with Crippen LogP contribution < -0.4 is 4.90 Å². The van der Waals surface area contributed by atoms with Gasteiger partial charge in [-0.15, -0.1) is 0 Å². The van der Waals surface area contributed by atoms with E-state index in [-0.39, 0.29) is 0 Å². The van der Waals surface area contributed by atoms with Crippen molar-refractivity contribution >= 4 is 17.3 Å². The second-order valence-electron chi connectivity index (χ2n) is 5.82. The second kappa shape index (κ2) is 8.23. The normalized spacial score (nSPS) is 10.9. The summed E-state index contributed by atoms with van der Waals surface area (Å²) in [6, 6.07) is 6.41. The molecule has 120 valence electrons. The van der Waals surface area contributed by atoms with E-state index >= 15 is 0 Å². The van der Waals surface area contributed by atoms with Crippen LogP contribution in [0.2, 0.25) is 5.02 Å². The SMILES string of the molecule is CCCCCN(C)c1ccc(CCn2ccnc2C)c(Cl)c1. The Morgan fingerprint density at radius 2 is 2.09 bits per heavy atom. The van der Waals surface area contributed by atoms with E-state index in [0.717, 1.165) is 30.4 Å². The maximum atomic E-state index is 6.46. The zero-order valence-corrected chi connectivity index (χ0v) is 14.6. The molecule has 4 heteroatoms. The van der Waals surface area contributed by atoms with Crippen LogP contribution in [0.25, 0.3) is 0 Å². The van der Waals surface area contributed by atoms with Crippen LogP contribution in [-0.4, -0.2) is 23.1 Å². The van der Waals surface area contributed by atoms with Crippen molar-refractivity contribution in [2.45, 2.75) is 46.1 Å². The van der Waals surface area contributed by atoms with E-state index < -0.39 is 0 Å². The predicted molar refractivity (Wildman–Crippen MR) is 94.9 cm³/mol. The molecule has 0 N–H and O–H groups in total. The lowest BCUT2D eigenvalue weighted by Crippen LogP contribution is -2.18. The molecule has 0 bridgehead atoms. The molecule has 1 aromatic carbocycles. The van der Waals surface area contributed by atoms with Gasteiger partial charge in [0.25, 0.3) is 0 Å². The van der Waals surface area contributed by atoms with Gasteiger partial charge in [0.05, 0.1) is 0 Å². The molecule has 0 unspecified atom stereocenters. The number of unbranched alkanes of at least 4 members (excludes halogenated alkanes) is 2. The molecule has 22 heavy (non-hydrogen) atoms. The monoisotopic (exact) mass is 319 g/mol. The molecule has 1 heterocycles. The predicted octanol–water partition coefficient (Wildman–Crippen LogP) is 4.71. The van der Waals surface area contributed by atoms with Gasteiger partial charge >= 0.3 is 0 Å². The fraction of sp³-hybridized carbons (Fsp3) is 0.500. The minimum atomic E-state index is 0.859. The van der Waals surface area contributed by atoms with Gasteiger partial charge in [0, 0.05) is 43.2 Å². The second-order valence-corrected chi connectivity index (χ2v) is 6.23. The van der Waals surface area contributed by atoms with Crippen molar-refractivity contribution in [3.8, 4) is 0 Å². The highest BCUT2D eigenvalue weighted by atomic mass is 35.5. The third-order valence-corrected chi connectivity index (χ3v) is 4.47. The highest BCUT2D eigenvalue weighted by Gasteiger charge is 2.06. The molecule has 1 aromatic heterocycles. The number of nitrogens with zero attached hydrogens (tertiary/aromatic N) is 3. The van der Waals surface area contributed by atoms with Gasteiger partial charge in [-0.25, -0.2) is 4.98 Å². The largest absolute Gasteiger partial charge is 0.375 e. The van der Waals surface area contributed by atoms with Gasteiger partial charge in [-0.1, -0.05) is 37.4 Å². The highest BCUT2D eigenvalue weighted by Crippen LogP contribution is 2.24. The van der Waals surface area contributed by atoms with Crippen molar-refractivity contribution in [2.24, 2.45) is 0 Å². The lowest BCUT2D eigenvalue weighted by atomic mass is 10.1. The molecule has 0 spiro atoms. The van der Waals surface area contributed by atoms with Gasteiger partial charge in [-0.05, 0) is 37.5 Å². The Morgan fingerprint density at radius 1 is 1.27 bits per heavy atom. The lowest BCUT2D eigenvalue weighted by molar-refractivity contribution is 0.673. The van der Waals surface area contributed by atoms with Gasteiger partial charge in [-0.3, -0.25) is 0 Å². The van der Waals surface area contributed by atoms with Gasteiger partial charge in [0.15, 0.2) is 0 Å². The Bertz CT molecular complexity index is 592. The summed E-state index contributed by atoms with van der Waals surface area (Å²) < 4.78 is 2.15. The van der Waals surface area contributed by atoms with Crippen molar-refractivity contribution in [3.05, 3.63) is 47.0 Å². The van der Waals surface area contributed by atoms with Gasteiger partial charge < -0.3 is 9.47 Å². The Kier molecular flexibility index (Phi) is 6.32. The van der Waals surface area contributed by atoms with Crippen LogP contribution in [0.5, 0.6) is 0 Å². The fourth-order valence-corrected chi connectivity index (χ4v) is 2.85. The number of rotatable bonds is 8. The van der Waals surface area contributed by atoms with E-state index in [1.807, 2.05) is 19.3 Å². The minimum Gasteiger partial charge on any atom is -0.375 e. The van der Waals surface area contributed by atoms with Crippen molar-refractivity contribution < 1.29 is 0 Å². The van der Waals surface area contributed by atoms with E-state index in [1.165, 1.54) is 30.5 Å². The quantitative estimate of drug-likeness (QED) is 0.657. The molecule has 2 aromatic rings. The van der Waals surface area contributed by atoms with Crippen LogP contribution in [-0.2, 0) is 13.0 Å². The number of halogens is 1. The fourth-order valence-electron chi connectivity index (χ4n) is 2.59. The number of aryl methyl sites for hydroxylation is 3. The van der Waals surface area contributed by atoms with Gasteiger partial charge in [0.2, 0.25) is 0 Å². The van der Waals surface area contributed by atoms with Crippen molar-refractivity contribution in [1.29, 1.82) is 0 Å². The average Bonchev–Trinajstić information content (AvgIpc) is 2.91. The first kappa shape index (κ1) is 16.9. The highest BCUT2D eigenvalue weighted by molar-refractivity contribution is 6.31. The summed E-state index contributed by atoms with van der Waals surface area (Å²) in [6.07, 6.45) is 8.54. The van der Waals surface area contributed by atoms with E-state index in [2.05, 4.69) is 46.6 Å². The Hall–Kier alpha value is -1.48. The first-order valence-electron chi connectivity index (χ1n) is 8.09. The number of imidazole rings is 1. The molecule has 0 fully saturated rings. The average molecular weight is 320 g/mol. The third kappa shape index (κ3) is 4.51. The van der Waals surface area contributed by atoms with Gasteiger partial charge in [-0.2, -0.15) is 0 Å². The lowest BCUT2D eigenvalue weighted by Gasteiger charge is -2.20. The summed E-state index contributed by atoms with van der Waals surface area (Å²) in [5.74, 6) is 1.04. The maximum Gasteiger partial charge on any atom is 0.105 e. The molecule has 0 saturated carbocycles. The van der Waals surface area contributed by atoms with Crippen LogP contribution >= 0.6 is 11.6 Å². The van der Waals surface area contributed by atoms with E-state index in [1.54, 1.807) is 0 Å². The zero-order valence-electron chi connectivity index (χ0n) is 13.8. The van der Waals surface area contributed by atoms with Crippen molar-refractivity contribution in [2.75, 3.05) is 18.5 Å². The Labute approximate surface area is 138 Å². The molecular weight excluding hydrogens is 294 g/mol. The van der Waals surface area contributed by atoms with Crippen LogP contribution in [0.4, 0.5) is 5.69 Å². The molecule has 0 aliphatic heterocycles. The van der Waals surface area contributed by atoms with Crippen LogP contribution in [0.3, 0.4) is 0 Å². The molecule has 0 amide bonds. The summed E-state index contributed by atoms with van der Waals surface area (Å²) >= 11 is 6.46. The van der Waals surface area contributed by atoms with E-state index in [0.29, 0.717) is 0 Å². The maximum absolute atomic E-state index is 6.46. The van der Waals surface area contributed by atoms with Crippen molar-refractivity contribution in [1.82, 2.24) is 9.55 Å². The number of hydrogen-bond donors (Lipinski definition) is 0. The molecule has 0 aliphatic rings. The van der Waals surface area contributed by atoms with Crippen LogP contribution in [0, 0.1) is 6.92 Å². The number of aromatic nitrogens is 2. The molecule has 0 saturated heterocycles. The minimum absolute atomic E-state index is 0.859. The summed E-state index contributed by atoms with van der Waals surface area (Å²) in [6.45, 7) is 6.25. The Morgan fingerprint density at radius 3 is 2.73 bits per heavy atom. The first-order chi connectivity index (χ1) is 10.6. The molecule has 0 atom stereocenters. The topological polar surface area (TPSA) is 21.1 Å². The molecule has 0 radical (unpaired) electrons. The first-order valence-corrected chi connectivity index (χ1v) is 8.47. The Balaban J connectivity index is 1.95. The van der Waals surface area contributed by atoms with E-state index in [4.69, 9.17) is 11.6 Å². The molecule has 2 rings (SSSR count). The summed E-state index contributed by atoms with van der Waals surface area (Å²) in [4.78, 5) is 6.53. The van der Waals surface area contributed by atoms with Gasteiger partial charge in [0.1, 0.15) is 5.82 Å². The standard InChI is InChI=1S/C18H26ClN3/c1-4-5-6-11-21(3)17-8-7-16(18(19)14-17)9-12-22-13-10-20-15(22)2/h7-8,10,13-14H,4-6,9,11-12H2,1-3H3. The van der Waals surface area contributed by atoms with Crippen LogP contribution in [0.15, 0.2) is 30.6 Å². The third-order valence-electron chi connectivity index (χ3n) is 4.12. The van der Waals surface area contributed by atoms with Crippen LogP contribution in [0.1, 0.15) is 37.6 Å². The smallest absolute Gasteiger partial charge is 0.105 e. The zero-order chi connectivity index (χ0) is 15.9. The number of hydrogen-bond acceptors (Lipinski definition) is 2. The molecule has 0 aliphatic carbocycles. The number of anilines is 1. The number of benzene rings is 1. The molecular formula is C18H26ClN3. The summed E-state index contributed by atoms with van der Waals surface area (Å²) in [7, 11) is 2.13. The van der Waals surface area contributed by atoms with E-state index in [9.17, 15) is 0 Å². The summed E-state index contributed by atoms with van der Waals surface area (Å²) in [5.41, 5.74) is 2.39.